The van der Waals surface area contributed by atoms with Crippen molar-refractivity contribution < 1.29 is 23.5 Å². The van der Waals surface area contributed by atoms with Gasteiger partial charge in [-0.2, -0.15) is 0 Å². The lowest BCUT2D eigenvalue weighted by Crippen LogP contribution is -2.52. The van der Waals surface area contributed by atoms with E-state index in [0.29, 0.717) is 0 Å². The minimum absolute atomic E-state index is 0.0177. The number of anilines is 1. The second-order valence-electron chi connectivity index (χ2n) is 6.87. The van der Waals surface area contributed by atoms with E-state index < -0.39 is 23.1 Å². The van der Waals surface area contributed by atoms with E-state index in [1.165, 1.54) is 4.90 Å². The standard InChI is InChI=1S/C17H20F2N2O3/c1-17(9-22,11-2-3-11)20-16(24)10-4-15(23)21(8-10)14-6-12(18)5-13(19)7-14/h5-7,10-11,22H,2-4,8-9H2,1H3,(H,20,24). The van der Waals surface area contributed by atoms with Crippen molar-refractivity contribution in [3.8, 4) is 0 Å². The molecule has 1 heterocycles. The van der Waals surface area contributed by atoms with Crippen LogP contribution in [-0.4, -0.2) is 35.6 Å². The van der Waals surface area contributed by atoms with Crippen LogP contribution >= 0.6 is 0 Å². The molecule has 0 radical (unpaired) electrons. The van der Waals surface area contributed by atoms with Crippen LogP contribution in [0.4, 0.5) is 14.5 Å². The topological polar surface area (TPSA) is 69.6 Å². The molecule has 1 aromatic carbocycles. The lowest BCUT2D eigenvalue weighted by atomic mass is 9.95. The molecule has 1 aliphatic heterocycles. The summed E-state index contributed by atoms with van der Waals surface area (Å²) in [5.74, 6) is -2.56. The Kier molecular flexibility index (Phi) is 4.29. The molecule has 3 rings (SSSR count). The van der Waals surface area contributed by atoms with Crippen molar-refractivity contribution in [2.24, 2.45) is 11.8 Å². The van der Waals surface area contributed by atoms with Crippen LogP contribution in [0.2, 0.25) is 0 Å². The lowest BCUT2D eigenvalue weighted by Gasteiger charge is -2.30. The van der Waals surface area contributed by atoms with Gasteiger partial charge in [-0.05, 0) is 37.8 Å². The third-order valence-electron chi connectivity index (χ3n) is 4.87. The zero-order valence-corrected chi connectivity index (χ0v) is 13.4. The van der Waals surface area contributed by atoms with Gasteiger partial charge in [0.05, 0.1) is 18.1 Å². The Morgan fingerprint density at radius 1 is 1.33 bits per heavy atom. The van der Waals surface area contributed by atoms with Crippen LogP contribution in [0.15, 0.2) is 18.2 Å². The quantitative estimate of drug-likeness (QED) is 0.857. The molecule has 1 aliphatic carbocycles. The summed E-state index contributed by atoms with van der Waals surface area (Å²) in [7, 11) is 0. The average molecular weight is 338 g/mol. The second-order valence-corrected chi connectivity index (χ2v) is 6.87. The number of aliphatic hydroxyl groups is 1. The van der Waals surface area contributed by atoms with E-state index in [0.717, 1.165) is 31.0 Å². The van der Waals surface area contributed by atoms with E-state index in [1.807, 2.05) is 0 Å². The number of halogens is 2. The van der Waals surface area contributed by atoms with Crippen molar-refractivity contribution in [3.63, 3.8) is 0 Å². The lowest BCUT2D eigenvalue weighted by molar-refractivity contribution is -0.128. The molecule has 0 aromatic heterocycles. The Labute approximate surface area is 138 Å². The molecule has 7 heteroatoms. The van der Waals surface area contributed by atoms with Crippen molar-refractivity contribution in [1.29, 1.82) is 0 Å². The number of nitrogens with one attached hydrogen (secondary N) is 1. The number of rotatable bonds is 5. The van der Waals surface area contributed by atoms with Crippen LogP contribution in [0, 0.1) is 23.5 Å². The highest BCUT2D eigenvalue weighted by atomic mass is 19.1. The van der Waals surface area contributed by atoms with Gasteiger partial charge in [0.15, 0.2) is 0 Å². The molecule has 2 aliphatic rings. The first kappa shape index (κ1) is 16.8. The summed E-state index contributed by atoms with van der Waals surface area (Å²) in [6.45, 7) is 1.70. The molecule has 0 spiro atoms. The summed E-state index contributed by atoms with van der Waals surface area (Å²) >= 11 is 0. The Hall–Kier alpha value is -2.02. The van der Waals surface area contributed by atoms with Gasteiger partial charge in [0, 0.05) is 24.7 Å². The van der Waals surface area contributed by atoms with Crippen LogP contribution in [0.3, 0.4) is 0 Å². The molecule has 2 amide bonds. The predicted octanol–water partition coefficient (Wildman–Crippen LogP) is 1.59. The number of carbonyl (C=O) groups excluding carboxylic acids is 2. The average Bonchev–Trinajstić information content (AvgIpc) is 3.29. The number of nitrogens with zero attached hydrogens (tertiary/aromatic N) is 1. The summed E-state index contributed by atoms with van der Waals surface area (Å²) in [6.07, 6.45) is 1.89. The van der Waals surface area contributed by atoms with Crippen LogP contribution in [0.25, 0.3) is 0 Å². The summed E-state index contributed by atoms with van der Waals surface area (Å²) in [5.41, 5.74) is -0.571. The van der Waals surface area contributed by atoms with Gasteiger partial charge in [-0.1, -0.05) is 0 Å². The zero-order chi connectivity index (χ0) is 17.5. The third-order valence-corrected chi connectivity index (χ3v) is 4.87. The zero-order valence-electron chi connectivity index (χ0n) is 13.4. The number of amides is 2. The van der Waals surface area contributed by atoms with E-state index >= 15 is 0 Å². The van der Waals surface area contributed by atoms with E-state index in [1.54, 1.807) is 6.92 Å². The van der Waals surface area contributed by atoms with Crippen LogP contribution in [0.1, 0.15) is 26.2 Å². The normalized spacial score (nSPS) is 23.2. The van der Waals surface area contributed by atoms with Crippen LogP contribution in [0.5, 0.6) is 0 Å². The van der Waals surface area contributed by atoms with Gasteiger partial charge in [-0.15, -0.1) is 0 Å². The third kappa shape index (κ3) is 3.26. The smallest absolute Gasteiger partial charge is 0.227 e. The monoisotopic (exact) mass is 338 g/mol. The second kappa shape index (κ2) is 6.12. The number of hydrogen-bond donors (Lipinski definition) is 2. The van der Waals surface area contributed by atoms with Gasteiger partial charge in [0.2, 0.25) is 11.8 Å². The van der Waals surface area contributed by atoms with E-state index in [2.05, 4.69) is 5.32 Å². The van der Waals surface area contributed by atoms with E-state index in [4.69, 9.17) is 0 Å². The highest BCUT2D eigenvalue weighted by Crippen LogP contribution is 2.39. The maximum atomic E-state index is 13.3. The first-order valence-corrected chi connectivity index (χ1v) is 8.02. The molecule has 1 saturated carbocycles. The molecule has 130 valence electrons. The van der Waals surface area contributed by atoms with Crippen molar-refractivity contribution >= 4 is 17.5 Å². The molecule has 1 aromatic rings. The number of hydrogen-bond acceptors (Lipinski definition) is 3. The van der Waals surface area contributed by atoms with Gasteiger partial charge in [-0.3, -0.25) is 9.59 Å². The van der Waals surface area contributed by atoms with Gasteiger partial charge in [0.25, 0.3) is 0 Å². The van der Waals surface area contributed by atoms with E-state index in [-0.39, 0.29) is 43.0 Å². The largest absolute Gasteiger partial charge is 0.394 e. The fourth-order valence-electron chi connectivity index (χ4n) is 3.20. The first-order valence-electron chi connectivity index (χ1n) is 8.02. The Morgan fingerprint density at radius 3 is 2.50 bits per heavy atom. The fraction of sp³-hybridized carbons (Fsp3) is 0.529. The minimum Gasteiger partial charge on any atom is -0.394 e. The molecule has 1 saturated heterocycles. The van der Waals surface area contributed by atoms with Gasteiger partial charge >= 0.3 is 0 Å². The molecule has 5 nitrogen and oxygen atoms in total. The summed E-state index contributed by atoms with van der Waals surface area (Å²) in [4.78, 5) is 25.8. The highest BCUT2D eigenvalue weighted by Gasteiger charge is 2.44. The maximum absolute atomic E-state index is 13.3. The summed E-state index contributed by atoms with van der Waals surface area (Å²) < 4.78 is 26.7. The van der Waals surface area contributed by atoms with Gasteiger partial charge in [-0.25, -0.2) is 8.78 Å². The summed E-state index contributed by atoms with van der Waals surface area (Å²) in [6, 6.07) is 2.88. The number of carbonyl (C=O) groups is 2. The van der Waals surface area contributed by atoms with Crippen molar-refractivity contribution in [2.75, 3.05) is 18.1 Å². The van der Waals surface area contributed by atoms with Crippen molar-refractivity contribution in [1.82, 2.24) is 5.32 Å². The Bertz CT molecular complexity index is 658. The van der Waals surface area contributed by atoms with Gasteiger partial charge in [0.1, 0.15) is 11.6 Å². The Balaban J connectivity index is 1.71. The molecule has 24 heavy (non-hydrogen) atoms. The molecule has 2 fully saturated rings. The van der Waals surface area contributed by atoms with E-state index in [9.17, 15) is 23.5 Å². The van der Waals surface area contributed by atoms with Crippen LogP contribution in [-0.2, 0) is 9.59 Å². The van der Waals surface area contributed by atoms with Crippen molar-refractivity contribution in [2.45, 2.75) is 31.7 Å². The molecule has 2 unspecified atom stereocenters. The number of benzene rings is 1. The maximum Gasteiger partial charge on any atom is 0.227 e. The predicted molar refractivity (Wildman–Crippen MR) is 83.2 cm³/mol. The van der Waals surface area contributed by atoms with Gasteiger partial charge < -0.3 is 15.3 Å². The molecular formula is C17H20F2N2O3. The summed E-state index contributed by atoms with van der Waals surface area (Å²) in [5, 5.41) is 12.4. The van der Waals surface area contributed by atoms with Crippen molar-refractivity contribution in [3.05, 3.63) is 29.8 Å². The molecule has 2 N–H and O–H groups in total. The first-order chi connectivity index (χ1) is 11.3. The Morgan fingerprint density at radius 2 is 1.96 bits per heavy atom. The van der Waals surface area contributed by atoms with Crippen LogP contribution < -0.4 is 10.2 Å². The molecule has 0 bridgehead atoms. The minimum atomic E-state index is -0.771. The fourth-order valence-corrected chi connectivity index (χ4v) is 3.20. The highest BCUT2D eigenvalue weighted by molar-refractivity contribution is 6.00. The SMILES string of the molecule is CC(CO)(NC(=O)C1CC(=O)N(c2cc(F)cc(F)c2)C1)C1CC1. The molecular weight excluding hydrogens is 318 g/mol. The number of aliphatic hydroxyl groups excluding tert-OH is 1. The molecule has 2 atom stereocenters.